The number of carbonyl (C=O) groups is 3. The number of benzene rings is 1. The Balaban J connectivity index is 2.51. The van der Waals surface area contributed by atoms with Crippen LogP contribution in [0.25, 0.3) is 0 Å². The highest BCUT2D eigenvalue weighted by Gasteiger charge is 2.13. The van der Waals surface area contributed by atoms with Crippen LogP contribution in [0, 0.1) is 0 Å². The fraction of sp³-hybridized carbons (Fsp3) is 0.400. The van der Waals surface area contributed by atoms with Gasteiger partial charge in [0.25, 0.3) is 0 Å². The summed E-state index contributed by atoms with van der Waals surface area (Å²) < 4.78 is 4.98. The van der Waals surface area contributed by atoms with Gasteiger partial charge in [0.05, 0.1) is 12.2 Å². The molecule has 22 heavy (non-hydrogen) atoms. The number of aliphatic hydroxyl groups is 1. The molecule has 0 saturated heterocycles. The summed E-state index contributed by atoms with van der Waals surface area (Å²) in [6, 6.07) is 6.05. The van der Waals surface area contributed by atoms with Gasteiger partial charge in [-0.2, -0.15) is 0 Å². The zero-order chi connectivity index (χ0) is 16.4. The van der Waals surface area contributed by atoms with Gasteiger partial charge in [-0.25, -0.2) is 4.79 Å². The number of carbonyl (C=O) groups excluding carboxylic acids is 3. The summed E-state index contributed by atoms with van der Waals surface area (Å²) in [6.45, 7) is 2.42. The fourth-order valence-corrected chi connectivity index (χ4v) is 1.52. The normalized spacial score (nSPS) is 9.91. The molecular weight excluding hydrogens is 288 g/mol. The topological polar surface area (TPSA) is 105 Å². The van der Waals surface area contributed by atoms with Crippen molar-refractivity contribution in [1.29, 1.82) is 0 Å². The smallest absolute Gasteiger partial charge is 0.338 e. The molecule has 1 rings (SSSR count). The Morgan fingerprint density at radius 3 is 2.41 bits per heavy atom. The summed E-state index contributed by atoms with van der Waals surface area (Å²) >= 11 is 0. The number of hydrogen-bond donors (Lipinski definition) is 3. The summed E-state index contributed by atoms with van der Waals surface area (Å²) in [5.41, 5.74) is 0.771. The molecule has 3 N–H and O–H groups in total. The highest BCUT2D eigenvalue weighted by Crippen LogP contribution is 2.10. The molecule has 0 atom stereocenters. The zero-order valence-electron chi connectivity index (χ0n) is 12.4. The van der Waals surface area contributed by atoms with Crippen molar-refractivity contribution < 1.29 is 24.2 Å². The number of nitrogens with one attached hydrogen (secondary N) is 2. The minimum Gasteiger partial charge on any atom is -0.462 e. The number of anilines is 1. The molecule has 0 aromatic heterocycles. The molecule has 0 fully saturated rings. The van der Waals surface area contributed by atoms with E-state index in [1.165, 1.54) is 24.3 Å². The first kappa shape index (κ1) is 17.6. The maximum absolute atomic E-state index is 11.6. The van der Waals surface area contributed by atoms with Gasteiger partial charge in [-0.15, -0.1) is 0 Å². The fourth-order valence-electron chi connectivity index (χ4n) is 1.52. The second kappa shape index (κ2) is 9.51. The number of hydrogen-bond acceptors (Lipinski definition) is 5. The van der Waals surface area contributed by atoms with Crippen molar-refractivity contribution in [2.24, 2.45) is 0 Å². The largest absolute Gasteiger partial charge is 0.462 e. The van der Waals surface area contributed by atoms with Crippen LogP contribution in [0.4, 0.5) is 5.69 Å². The summed E-state index contributed by atoms with van der Waals surface area (Å²) in [7, 11) is 0. The first-order valence-corrected chi connectivity index (χ1v) is 7.05. The van der Waals surface area contributed by atoms with E-state index in [2.05, 4.69) is 10.6 Å². The van der Waals surface area contributed by atoms with Gasteiger partial charge in [0.2, 0.25) is 0 Å². The highest BCUT2D eigenvalue weighted by atomic mass is 16.5. The molecular formula is C15H20N2O5. The van der Waals surface area contributed by atoms with E-state index in [9.17, 15) is 14.4 Å². The molecule has 2 amide bonds. The Kier molecular flexibility index (Phi) is 7.63. The van der Waals surface area contributed by atoms with Crippen LogP contribution in [0.15, 0.2) is 24.3 Å². The van der Waals surface area contributed by atoms with Gasteiger partial charge in [0.15, 0.2) is 0 Å². The van der Waals surface area contributed by atoms with Crippen molar-refractivity contribution in [1.82, 2.24) is 5.32 Å². The van der Waals surface area contributed by atoms with Crippen LogP contribution in [0.3, 0.4) is 0 Å². The van der Waals surface area contributed by atoms with E-state index in [0.29, 0.717) is 24.3 Å². The van der Waals surface area contributed by atoms with Crippen molar-refractivity contribution in [3.05, 3.63) is 29.8 Å². The molecule has 0 aliphatic heterocycles. The van der Waals surface area contributed by atoms with Crippen molar-refractivity contribution in [3.63, 3.8) is 0 Å². The van der Waals surface area contributed by atoms with E-state index in [1.807, 2.05) is 6.92 Å². The van der Waals surface area contributed by atoms with E-state index >= 15 is 0 Å². The van der Waals surface area contributed by atoms with E-state index in [4.69, 9.17) is 9.84 Å². The molecule has 7 heteroatoms. The average Bonchev–Trinajstić information content (AvgIpc) is 2.53. The van der Waals surface area contributed by atoms with Crippen LogP contribution in [-0.2, 0) is 14.3 Å². The third-order valence-corrected chi connectivity index (χ3v) is 2.64. The predicted octanol–water partition coefficient (Wildman–Crippen LogP) is 0.690. The van der Waals surface area contributed by atoms with Gasteiger partial charge in [0, 0.05) is 18.8 Å². The zero-order valence-corrected chi connectivity index (χ0v) is 12.4. The molecule has 0 aliphatic rings. The molecule has 0 saturated carbocycles. The summed E-state index contributed by atoms with van der Waals surface area (Å²) in [5, 5.41) is 13.4. The highest BCUT2D eigenvalue weighted by molar-refractivity contribution is 6.39. The lowest BCUT2D eigenvalue weighted by Crippen LogP contribution is -2.36. The molecule has 7 nitrogen and oxygen atoms in total. The molecule has 0 heterocycles. The summed E-state index contributed by atoms with van der Waals surface area (Å²) in [6.07, 6.45) is 1.12. The van der Waals surface area contributed by atoms with E-state index in [0.717, 1.165) is 6.42 Å². The molecule has 1 aromatic carbocycles. The maximum atomic E-state index is 11.6. The van der Waals surface area contributed by atoms with Gasteiger partial charge in [-0.1, -0.05) is 6.92 Å². The predicted molar refractivity (Wildman–Crippen MR) is 80.4 cm³/mol. The lowest BCUT2D eigenvalue weighted by Gasteiger charge is -2.07. The van der Waals surface area contributed by atoms with Crippen molar-refractivity contribution in [2.75, 3.05) is 25.1 Å². The lowest BCUT2D eigenvalue weighted by molar-refractivity contribution is -0.136. The molecule has 0 bridgehead atoms. The molecule has 0 spiro atoms. The third kappa shape index (κ3) is 5.92. The molecule has 0 unspecified atom stereocenters. The van der Waals surface area contributed by atoms with Crippen molar-refractivity contribution in [3.8, 4) is 0 Å². The maximum Gasteiger partial charge on any atom is 0.338 e. The SMILES string of the molecule is CCCOC(=O)c1ccc(NC(=O)C(=O)NCCCO)cc1. The van der Waals surface area contributed by atoms with Crippen LogP contribution in [0.1, 0.15) is 30.1 Å². The Bertz CT molecular complexity index is 513. The second-order valence-corrected chi connectivity index (χ2v) is 4.50. The lowest BCUT2D eigenvalue weighted by atomic mass is 10.2. The van der Waals surface area contributed by atoms with Crippen LogP contribution in [0.2, 0.25) is 0 Å². The Labute approximate surface area is 128 Å². The van der Waals surface area contributed by atoms with Crippen molar-refractivity contribution >= 4 is 23.5 Å². The van der Waals surface area contributed by atoms with Crippen LogP contribution < -0.4 is 10.6 Å². The number of esters is 1. The van der Waals surface area contributed by atoms with E-state index in [1.54, 1.807) is 0 Å². The van der Waals surface area contributed by atoms with Crippen LogP contribution in [0.5, 0.6) is 0 Å². The van der Waals surface area contributed by atoms with Gasteiger partial charge in [0.1, 0.15) is 0 Å². The van der Waals surface area contributed by atoms with E-state index in [-0.39, 0.29) is 13.2 Å². The number of amides is 2. The number of aliphatic hydroxyl groups excluding tert-OH is 1. The van der Waals surface area contributed by atoms with Gasteiger partial charge in [-0.05, 0) is 37.1 Å². The standard InChI is InChI=1S/C15H20N2O5/c1-2-10-22-15(21)11-4-6-12(7-5-11)17-14(20)13(19)16-8-3-9-18/h4-7,18H,2-3,8-10H2,1H3,(H,16,19)(H,17,20). The quantitative estimate of drug-likeness (QED) is 0.390. The van der Waals surface area contributed by atoms with Gasteiger partial charge >= 0.3 is 17.8 Å². The van der Waals surface area contributed by atoms with Crippen molar-refractivity contribution in [2.45, 2.75) is 19.8 Å². The molecule has 0 aliphatic carbocycles. The second-order valence-electron chi connectivity index (χ2n) is 4.50. The average molecular weight is 308 g/mol. The van der Waals surface area contributed by atoms with E-state index < -0.39 is 17.8 Å². The minimum atomic E-state index is -0.806. The van der Waals surface area contributed by atoms with Gasteiger partial charge in [-0.3, -0.25) is 9.59 Å². The molecule has 120 valence electrons. The van der Waals surface area contributed by atoms with Crippen LogP contribution in [-0.4, -0.2) is 42.6 Å². The summed E-state index contributed by atoms with van der Waals surface area (Å²) in [4.78, 5) is 34.6. The van der Waals surface area contributed by atoms with Gasteiger partial charge < -0.3 is 20.5 Å². The monoisotopic (exact) mass is 308 g/mol. The number of rotatable bonds is 7. The molecule has 0 radical (unpaired) electrons. The number of ether oxygens (including phenoxy) is 1. The third-order valence-electron chi connectivity index (χ3n) is 2.64. The first-order valence-electron chi connectivity index (χ1n) is 7.05. The Morgan fingerprint density at radius 1 is 1.14 bits per heavy atom. The minimum absolute atomic E-state index is 0.0580. The Morgan fingerprint density at radius 2 is 1.82 bits per heavy atom. The summed E-state index contributed by atoms with van der Waals surface area (Å²) in [5.74, 6) is -2.01. The Hall–Kier alpha value is -2.41. The van der Waals surface area contributed by atoms with Crippen LogP contribution >= 0.6 is 0 Å². The first-order chi connectivity index (χ1) is 10.6. The molecule has 1 aromatic rings.